The molecular formula is C38H65N11O2+4. The summed E-state index contributed by atoms with van der Waals surface area (Å²) in [4.78, 5) is 25.2. The second-order valence-corrected chi connectivity index (χ2v) is 14.1. The molecule has 0 aromatic carbocycles. The van der Waals surface area contributed by atoms with Crippen LogP contribution >= 0.6 is 0 Å². The number of carbonyl (C=O) groups is 2. The smallest absolute Gasteiger partial charge is 0.262 e. The summed E-state index contributed by atoms with van der Waals surface area (Å²) >= 11 is 0. The fraction of sp³-hybridized carbons (Fsp3) is 0.632. The van der Waals surface area contributed by atoms with E-state index >= 15 is 0 Å². The molecule has 0 saturated carbocycles. The maximum Gasteiger partial charge on any atom is 0.262 e. The molecular weight excluding hydrogens is 642 g/mol. The molecule has 0 aliphatic heterocycles. The zero-order chi connectivity index (χ0) is 36.6. The number of nitrogens with zero attached hydrogens (tertiary/aromatic N) is 8. The Hall–Kier alpha value is -4.26. The van der Waals surface area contributed by atoms with E-state index in [9.17, 15) is 9.59 Å². The van der Waals surface area contributed by atoms with E-state index in [1.165, 1.54) is 24.2 Å². The maximum absolute atomic E-state index is 12.6. The molecule has 0 radical (unpaired) electrons. The van der Waals surface area contributed by atoms with Crippen molar-refractivity contribution < 1.29 is 27.9 Å². The highest BCUT2D eigenvalue weighted by Crippen LogP contribution is 2.03. The van der Waals surface area contributed by atoms with E-state index in [2.05, 4.69) is 97.0 Å². The normalized spacial score (nSPS) is 11.4. The summed E-state index contributed by atoms with van der Waals surface area (Å²) < 4.78 is 17.5. The zero-order valence-electron chi connectivity index (χ0n) is 32.0. The highest BCUT2D eigenvalue weighted by Gasteiger charge is 2.16. The van der Waals surface area contributed by atoms with E-state index in [0.29, 0.717) is 32.6 Å². The van der Waals surface area contributed by atoms with Crippen molar-refractivity contribution in [1.82, 2.24) is 28.9 Å². The van der Waals surface area contributed by atoms with E-state index in [4.69, 9.17) is 5.73 Å². The van der Waals surface area contributed by atoms with Crippen molar-refractivity contribution >= 4 is 11.8 Å². The van der Waals surface area contributed by atoms with E-state index in [-0.39, 0.29) is 18.4 Å². The Kier molecular flexibility index (Phi) is 15.9. The highest BCUT2D eigenvalue weighted by atomic mass is 16.2. The first-order valence-corrected chi connectivity index (χ1v) is 19.1. The zero-order valence-corrected chi connectivity index (χ0v) is 32.0. The van der Waals surface area contributed by atoms with Crippen molar-refractivity contribution in [2.24, 2.45) is 5.73 Å². The lowest BCUT2D eigenvalue weighted by molar-refractivity contribution is -0.707. The molecule has 280 valence electrons. The third-order valence-corrected chi connectivity index (χ3v) is 9.52. The second kappa shape index (κ2) is 20.6. The van der Waals surface area contributed by atoms with Crippen LogP contribution in [0.4, 0.5) is 0 Å². The molecule has 0 bridgehead atoms. The first-order valence-electron chi connectivity index (χ1n) is 19.1. The molecule has 13 nitrogen and oxygen atoms in total. The summed E-state index contributed by atoms with van der Waals surface area (Å²) in [6.07, 6.45) is 25.5. The standard InChI is InChI=1S/C38H63N11O2/c1-6-7-20-46-29-42(23-33(46)2)17-8-9-18-44-25-36(5)49(31-44)28-38(51)41-16-13-15-40-37(50)27-45-26-35(4)47(32-45)21-11-10-19-43-24-34(3)48(30-43)22-12-14-39/h23-26,29-32H,6-22,27-28,39H2,1-5H3/q+2/p+2. The Morgan fingerprint density at radius 1 is 0.569 bits per heavy atom. The van der Waals surface area contributed by atoms with Gasteiger partial charge in [-0.2, -0.15) is 0 Å². The molecule has 0 aliphatic rings. The van der Waals surface area contributed by atoms with Crippen LogP contribution in [0.1, 0.15) is 81.1 Å². The van der Waals surface area contributed by atoms with Gasteiger partial charge in [-0.3, -0.25) is 9.59 Å². The molecule has 0 unspecified atom stereocenters. The van der Waals surface area contributed by atoms with Crippen molar-refractivity contribution in [2.45, 2.75) is 138 Å². The predicted molar refractivity (Wildman–Crippen MR) is 195 cm³/mol. The first kappa shape index (κ1) is 39.5. The number of hydrogen-bond donors (Lipinski definition) is 3. The quantitative estimate of drug-likeness (QED) is 0.0761. The molecule has 4 rings (SSSR count). The van der Waals surface area contributed by atoms with Crippen molar-refractivity contribution in [3.63, 3.8) is 0 Å². The summed E-state index contributed by atoms with van der Waals surface area (Å²) in [7, 11) is 0. The largest absolute Gasteiger partial charge is 0.353 e. The monoisotopic (exact) mass is 708 g/mol. The van der Waals surface area contributed by atoms with Gasteiger partial charge in [0.05, 0.1) is 39.3 Å². The molecule has 4 aromatic rings. The van der Waals surface area contributed by atoms with Crippen LogP contribution in [0.25, 0.3) is 0 Å². The minimum Gasteiger partial charge on any atom is -0.353 e. The molecule has 0 fully saturated rings. The number of aryl methyl sites for hydroxylation is 10. The fourth-order valence-corrected chi connectivity index (χ4v) is 6.52. The summed E-state index contributed by atoms with van der Waals surface area (Å²) in [5, 5.41) is 5.99. The molecule has 0 spiro atoms. The van der Waals surface area contributed by atoms with Crippen molar-refractivity contribution in [1.29, 1.82) is 0 Å². The predicted octanol–water partition coefficient (Wildman–Crippen LogP) is 1.71. The van der Waals surface area contributed by atoms with Gasteiger partial charge in [0.1, 0.15) is 47.6 Å². The molecule has 0 saturated heterocycles. The van der Waals surface area contributed by atoms with Gasteiger partial charge in [0.15, 0.2) is 13.1 Å². The highest BCUT2D eigenvalue weighted by molar-refractivity contribution is 5.75. The lowest BCUT2D eigenvalue weighted by Crippen LogP contribution is -2.42. The second-order valence-electron chi connectivity index (χ2n) is 14.1. The summed E-state index contributed by atoms with van der Waals surface area (Å²) in [5.74, 6) is -0.0467. The summed E-state index contributed by atoms with van der Waals surface area (Å²) in [5.41, 5.74) is 10.5. The van der Waals surface area contributed by atoms with Crippen molar-refractivity contribution in [3.05, 3.63) is 72.9 Å². The fourth-order valence-electron chi connectivity index (χ4n) is 6.52. The van der Waals surface area contributed by atoms with Crippen molar-refractivity contribution in [2.75, 3.05) is 19.6 Å². The van der Waals surface area contributed by atoms with Gasteiger partial charge >= 0.3 is 0 Å². The Morgan fingerprint density at radius 2 is 1.00 bits per heavy atom. The van der Waals surface area contributed by atoms with Gasteiger partial charge in [-0.25, -0.2) is 36.5 Å². The first-order chi connectivity index (χ1) is 24.6. The number of carbonyl (C=O) groups excluding carboxylic acids is 2. The van der Waals surface area contributed by atoms with Crippen LogP contribution in [-0.2, 0) is 61.9 Å². The SMILES string of the molecule is CCCCn1c[n+](CCCC[n+]2cc(C)n(CC(=O)NCCCNC(=O)C[n+]3cc(C)n(CCCC[n+]4cc(C)n(CCCN)c4)c3)c2)cc1C. The van der Waals surface area contributed by atoms with Gasteiger partial charge in [-0.05, 0) is 51.5 Å². The van der Waals surface area contributed by atoms with Crippen LogP contribution in [0.5, 0.6) is 0 Å². The molecule has 13 heteroatoms. The number of hydrogen-bond acceptors (Lipinski definition) is 3. The van der Waals surface area contributed by atoms with Gasteiger partial charge in [0.25, 0.3) is 11.8 Å². The third kappa shape index (κ3) is 13.1. The number of aromatic nitrogens is 8. The number of nitrogens with one attached hydrogen (secondary N) is 2. The van der Waals surface area contributed by atoms with Gasteiger partial charge in [0, 0.05) is 40.8 Å². The number of imidazole rings is 4. The molecule has 2 amide bonds. The number of unbranched alkanes of at least 4 members (excludes halogenated alkanes) is 3. The topological polar surface area (TPSA) is 119 Å². The van der Waals surface area contributed by atoms with Crippen molar-refractivity contribution in [3.8, 4) is 0 Å². The lowest BCUT2D eigenvalue weighted by atomic mass is 10.3. The number of rotatable bonds is 24. The van der Waals surface area contributed by atoms with Crippen LogP contribution < -0.4 is 34.6 Å². The van der Waals surface area contributed by atoms with Gasteiger partial charge in [-0.1, -0.05) is 13.3 Å². The Labute approximate surface area is 304 Å². The van der Waals surface area contributed by atoms with Gasteiger partial charge in [-0.15, -0.1) is 0 Å². The summed E-state index contributed by atoms with van der Waals surface area (Å²) in [6.45, 7) is 18.9. The number of nitrogens with two attached hydrogens (primary N) is 1. The molecule has 51 heavy (non-hydrogen) atoms. The number of amides is 2. The van der Waals surface area contributed by atoms with Crippen LogP contribution in [0, 0.1) is 27.7 Å². The Bertz CT molecular complexity index is 1660. The maximum atomic E-state index is 12.6. The summed E-state index contributed by atoms with van der Waals surface area (Å²) in [6, 6.07) is 0. The van der Waals surface area contributed by atoms with Crippen LogP contribution in [-0.4, -0.2) is 49.7 Å². The third-order valence-electron chi connectivity index (χ3n) is 9.52. The van der Waals surface area contributed by atoms with E-state index in [0.717, 1.165) is 82.8 Å². The van der Waals surface area contributed by atoms with Crippen LogP contribution in [0.2, 0.25) is 0 Å². The minimum atomic E-state index is -0.0269. The Morgan fingerprint density at radius 3 is 1.55 bits per heavy atom. The lowest BCUT2D eigenvalue weighted by Gasteiger charge is -2.06. The van der Waals surface area contributed by atoms with E-state index < -0.39 is 0 Å². The molecule has 0 aliphatic carbocycles. The van der Waals surface area contributed by atoms with E-state index in [1.54, 1.807) is 0 Å². The van der Waals surface area contributed by atoms with Gasteiger partial charge in [0.2, 0.25) is 25.3 Å². The van der Waals surface area contributed by atoms with E-state index in [1.807, 2.05) is 34.9 Å². The average molecular weight is 708 g/mol. The minimum absolute atomic E-state index is 0.0199. The van der Waals surface area contributed by atoms with Gasteiger partial charge < -0.3 is 16.4 Å². The average Bonchev–Trinajstić information content (AvgIpc) is 3.84. The molecule has 4 aromatic heterocycles. The Balaban J connectivity index is 1.06. The molecule has 4 N–H and O–H groups in total. The van der Waals surface area contributed by atoms with Crippen LogP contribution in [0.3, 0.4) is 0 Å². The molecule has 0 atom stereocenters. The van der Waals surface area contributed by atoms with Crippen LogP contribution in [0.15, 0.2) is 50.1 Å². The molecule has 4 heterocycles.